The van der Waals surface area contributed by atoms with Crippen LogP contribution in [-0.2, 0) is 20.9 Å². The average molecular weight is 533 g/mol. The predicted octanol–water partition coefficient (Wildman–Crippen LogP) is 4.03. The molecule has 0 fully saturated rings. The van der Waals surface area contributed by atoms with E-state index < -0.39 is 0 Å². The summed E-state index contributed by atoms with van der Waals surface area (Å²) in [7, 11) is 1.58. The number of thioether (sulfide) groups is 1. The van der Waals surface area contributed by atoms with E-state index in [0.29, 0.717) is 39.6 Å². The van der Waals surface area contributed by atoms with Crippen molar-refractivity contribution in [1.29, 1.82) is 0 Å². The lowest BCUT2D eigenvalue weighted by atomic mass is 10.2. The predicted molar refractivity (Wildman–Crippen MR) is 135 cm³/mol. The average Bonchev–Trinajstić information content (AvgIpc) is 3.43. The Labute approximate surface area is 215 Å². The van der Waals surface area contributed by atoms with E-state index in [4.69, 9.17) is 32.5 Å². The molecule has 0 saturated heterocycles. The zero-order valence-electron chi connectivity index (χ0n) is 18.5. The third-order valence-electron chi connectivity index (χ3n) is 4.75. The SMILES string of the molecule is COCC[n+]1cc(NC(=O)CSC2=N/C(=C/c3cccc(Cl)c3Cl)C(=O)N2c2ccccc2)on1. The first-order chi connectivity index (χ1) is 17.0. The van der Waals surface area contributed by atoms with Gasteiger partial charge in [0.2, 0.25) is 17.7 Å². The van der Waals surface area contributed by atoms with Crippen molar-refractivity contribution < 1.29 is 23.5 Å². The first kappa shape index (κ1) is 24.9. The number of carbonyl (C=O) groups excluding carboxylic acids is 2. The van der Waals surface area contributed by atoms with Crippen LogP contribution in [0.15, 0.2) is 69.9 Å². The molecule has 9 nitrogen and oxygen atoms in total. The van der Waals surface area contributed by atoms with Crippen LogP contribution >= 0.6 is 35.0 Å². The van der Waals surface area contributed by atoms with Crippen LogP contribution in [0.2, 0.25) is 10.0 Å². The molecule has 1 aromatic heterocycles. The Kier molecular flexibility index (Phi) is 8.19. The lowest BCUT2D eigenvalue weighted by molar-refractivity contribution is -0.763. The van der Waals surface area contributed by atoms with Gasteiger partial charge < -0.3 is 4.74 Å². The number of benzene rings is 2. The number of amidine groups is 1. The molecule has 35 heavy (non-hydrogen) atoms. The van der Waals surface area contributed by atoms with E-state index in [9.17, 15) is 9.59 Å². The van der Waals surface area contributed by atoms with Crippen molar-refractivity contribution in [2.75, 3.05) is 29.7 Å². The monoisotopic (exact) mass is 532 g/mol. The van der Waals surface area contributed by atoms with Crippen molar-refractivity contribution in [2.24, 2.45) is 4.99 Å². The molecule has 1 aliphatic heterocycles. The number of aromatic nitrogens is 2. The molecular weight excluding hydrogens is 513 g/mol. The number of hydrogen-bond donors (Lipinski definition) is 1. The van der Waals surface area contributed by atoms with Crippen molar-refractivity contribution in [3.05, 3.63) is 76.0 Å². The maximum absolute atomic E-state index is 13.3. The minimum absolute atomic E-state index is 0.0145. The minimum atomic E-state index is -0.344. The normalized spacial score (nSPS) is 14.5. The summed E-state index contributed by atoms with van der Waals surface area (Å²) in [5.74, 6) is -0.500. The van der Waals surface area contributed by atoms with Gasteiger partial charge in [0.1, 0.15) is 12.3 Å². The van der Waals surface area contributed by atoms with Gasteiger partial charge in [-0.1, -0.05) is 65.3 Å². The Bertz CT molecular complexity index is 1300. The Morgan fingerprint density at radius 2 is 2.03 bits per heavy atom. The molecule has 2 heterocycles. The van der Waals surface area contributed by atoms with Crippen LogP contribution in [0.4, 0.5) is 11.6 Å². The number of carbonyl (C=O) groups is 2. The number of para-hydroxylation sites is 1. The third-order valence-corrected chi connectivity index (χ3v) is 6.52. The van der Waals surface area contributed by atoms with Gasteiger partial charge in [-0.15, -0.1) is 0 Å². The first-order valence-corrected chi connectivity index (χ1v) is 12.1. The molecule has 0 unspecified atom stereocenters. The molecule has 12 heteroatoms. The minimum Gasteiger partial charge on any atom is -0.378 e. The molecule has 0 saturated carbocycles. The van der Waals surface area contributed by atoms with Crippen molar-refractivity contribution in [2.45, 2.75) is 6.54 Å². The maximum atomic E-state index is 13.3. The second kappa shape index (κ2) is 11.5. The summed E-state index contributed by atoms with van der Waals surface area (Å²) < 4.78 is 11.6. The highest BCUT2D eigenvalue weighted by molar-refractivity contribution is 8.14. The molecule has 1 aliphatic rings. The molecule has 0 radical (unpaired) electrons. The number of rotatable bonds is 8. The van der Waals surface area contributed by atoms with Gasteiger partial charge in [-0.05, 0) is 34.5 Å². The van der Waals surface area contributed by atoms with Crippen LogP contribution in [0.1, 0.15) is 5.56 Å². The molecule has 1 N–H and O–H groups in total. The van der Waals surface area contributed by atoms with E-state index >= 15 is 0 Å². The first-order valence-electron chi connectivity index (χ1n) is 10.4. The largest absolute Gasteiger partial charge is 0.378 e. The number of nitrogens with zero attached hydrogens (tertiary/aromatic N) is 4. The number of hydrogen-bond acceptors (Lipinski definition) is 7. The van der Waals surface area contributed by atoms with Crippen molar-refractivity contribution in [3.63, 3.8) is 0 Å². The number of nitrogens with one attached hydrogen (secondary N) is 1. The van der Waals surface area contributed by atoms with E-state index in [1.807, 2.05) is 18.2 Å². The van der Waals surface area contributed by atoms with Crippen molar-refractivity contribution in [1.82, 2.24) is 5.27 Å². The lowest BCUT2D eigenvalue weighted by Crippen LogP contribution is -2.36. The van der Waals surface area contributed by atoms with E-state index in [1.54, 1.807) is 49.7 Å². The Balaban J connectivity index is 1.52. The second-order valence-electron chi connectivity index (χ2n) is 7.20. The summed E-state index contributed by atoms with van der Waals surface area (Å²) in [4.78, 5) is 31.7. The quantitative estimate of drug-likeness (QED) is 0.347. The van der Waals surface area contributed by atoms with E-state index in [-0.39, 0.29) is 29.1 Å². The zero-order chi connectivity index (χ0) is 24.8. The summed E-state index contributed by atoms with van der Waals surface area (Å²) in [6.45, 7) is 0.946. The molecule has 4 rings (SSSR count). The van der Waals surface area contributed by atoms with Crippen LogP contribution in [0.5, 0.6) is 0 Å². The highest BCUT2D eigenvalue weighted by atomic mass is 35.5. The highest BCUT2D eigenvalue weighted by Gasteiger charge is 2.32. The van der Waals surface area contributed by atoms with Crippen LogP contribution in [0, 0.1) is 0 Å². The molecule has 3 aromatic rings. The number of methoxy groups -OCH3 is 1. The molecule has 180 valence electrons. The zero-order valence-corrected chi connectivity index (χ0v) is 20.8. The van der Waals surface area contributed by atoms with E-state index in [0.717, 1.165) is 11.8 Å². The van der Waals surface area contributed by atoms with Crippen LogP contribution < -0.4 is 14.9 Å². The van der Waals surface area contributed by atoms with Crippen molar-refractivity contribution in [3.8, 4) is 0 Å². The highest BCUT2D eigenvalue weighted by Crippen LogP contribution is 2.32. The number of ether oxygens (including phenoxy) is 1. The molecule has 0 bridgehead atoms. The van der Waals surface area contributed by atoms with E-state index in [1.165, 1.54) is 9.58 Å². The molecular formula is C23H20Cl2N5O4S+. The van der Waals surface area contributed by atoms with Crippen LogP contribution in [-0.4, -0.2) is 41.7 Å². The van der Waals surface area contributed by atoms with Crippen molar-refractivity contribution >= 4 is 69.6 Å². The molecule has 2 aromatic carbocycles. The Morgan fingerprint density at radius 3 is 2.80 bits per heavy atom. The standard InChI is InChI=1S/C23H19Cl2N5O4S/c1-33-11-10-29-13-20(34-28-29)27-19(31)14-35-23-26-18(12-15-6-5-9-17(24)21(15)25)22(32)30(23)16-7-3-2-4-8-16/h2-9,12-13H,10-11,14H2,1H3/p+1/b18-12+. The molecule has 0 atom stereocenters. The summed E-state index contributed by atoms with van der Waals surface area (Å²) in [5, 5.41) is 7.50. The Hall–Kier alpha value is -3.18. The smallest absolute Gasteiger partial charge is 0.302 e. The fraction of sp³-hybridized carbons (Fsp3) is 0.174. The second-order valence-corrected chi connectivity index (χ2v) is 8.93. The number of aliphatic imine (C=N–C) groups is 1. The van der Waals surface area contributed by atoms with Gasteiger partial charge in [-0.2, -0.15) is 0 Å². The number of amides is 2. The third kappa shape index (κ3) is 6.09. The molecule has 0 aliphatic carbocycles. The summed E-state index contributed by atoms with van der Waals surface area (Å²) in [6, 6.07) is 14.2. The topological polar surface area (TPSA) is 101 Å². The fourth-order valence-corrected chi connectivity index (χ4v) is 4.28. The van der Waals surface area contributed by atoms with Crippen LogP contribution in [0.25, 0.3) is 6.08 Å². The van der Waals surface area contributed by atoms with Gasteiger partial charge in [-0.25, -0.2) is 4.99 Å². The van der Waals surface area contributed by atoms with Gasteiger partial charge in [-0.3, -0.25) is 24.3 Å². The summed E-state index contributed by atoms with van der Waals surface area (Å²) in [6.07, 6.45) is 3.14. The number of anilines is 2. The summed E-state index contributed by atoms with van der Waals surface area (Å²) in [5.41, 5.74) is 1.37. The molecule has 2 amide bonds. The maximum Gasteiger partial charge on any atom is 0.302 e. The van der Waals surface area contributed by atoms with Gasteiger partial charge in [0.15, 0.2) is 5.17 Å². The molecule has 0 spiro atoms. The lowest BCUT2D eigenvalue weighted by Gasteiger charge is -2.17. The Morgan fingerprint density at radius 1 is 1.23 bits per heavy atom. The van der Waals surface area contributed by atoms with Gasteiger partial charge in [0.25, 0.3) is 12.1 Å². The van der Waals surface area contributed by atoms with Crippen LogP contribution in [0.3, 0.4) is 0 Å². The van der Waals surface area contributed by atoms with Gasteiger partial charge >= 0.3 is 5.88 Å². The summed E-state index contributed by atoms with van der Waals surface area (Å²) >= 11 is 13.5. The van der Waals surface area contributed by atoms with E-state index in [2.05, 4.69) is 15.6 Å². The van der Waals surface area contributed by atoms with Gasteiger partial charge in [0.05, 0.1) is 21.5 Å². The van der Waals surface area contributed by atoms with Gasteiger partial charge in [0, 0.05) is 7.11 Å². The fourth-order valence-electron chi connectivity index (χ4n) is 3.10. The number of halogens is 2.